The Balaban J connectivity index is 2.15. The zero-order valence-electron chi connectivity index (χ0n) is 18.9. The van der Waals surface area contributed by atoms with Crippen molar-refractivity contribution in [1.82, 2.24) is 10.2 Å². The molecule has 0 saturated carbocycles. The average molecular weight is 461 g/mol. The number of nitrogens with one attached hydrogen (secondary N) is 1. The van der Waals surface area contributed by atoms with Crippen LogP contribution >= 0.6 is 23.4 Å². The van der Waals surface area contributed by atoms with Gasteiger partial charge in [-0.3, -0.25) is 9.59 Å². The Morgan fingerprint density at radius 1 is 1.10 bits per heavy atom. The van der Waals surface area contributed by atoms with Gasteiger partial charge in [0.05, 0.1) is 5.75 Å². The van der Waals surface area contributed by atoms with E-state index >= 15 is 0 Å². The third-order valence-corrected chi connectivity index (χ3v) is 6.62. The fourth-order valence-corrected chi connectivity index (χ4v) is 4.37. The second-order valence-electron chi connectivity index (χ2n) is 7.84. The molecule has 6 heteroatoms. The van der Waals surface area contributed by atoms with Crippen molar-refractivity contribution in [3.05, 3.63) is 70.2 Å². The third-order valence-electron chi connectivity index (χ3n) is 5.26. The molecule has 0 saturated heterocycles. The van der Waals surface area contributed by atoms with E-state index in [4.69, 9.17) is 11.6 Å². The smallest absolute Gasteiger partial charge is 0.243 e. The molecule has 2 rings (SSSR count). The SMILES string of the molecule is CC[C@@H](C)NC(=O)[C@H](CC)N(Cc1ccccc1Cl)C(=O)CSCc1cccc(C)c1. The van der Waals surface area contributed by atoms with Crippen molar-refractivity contribution in [1.29, 1.82) is 0 Å². The Morgan fingerprint density at radius 2 is 1.84 bits per heavy atom. The number of hydrogen-bond donors (Lipinski definition) is 1. The van der Waals surface area contributed by atoms with Crippen molar-refractivity contribution >= 4 is 35.2 Å². The van der Waals surface area contributed by atoms with Crippen molar-refractivity contribution in [3.63, 3.8) is 0 Å². The predicted octanol–water partition coefficient (Wildman–Crippen LogP) is 5.60. The first kappa shape index (κ1) is 25.3. The monoisotopic (exact) mass is 460 g/mol. The molecule has 31 heavy (non-hydrogen) atoms. The number of carbonyl (C=O) groups excluding carboxylic acids is 2. The van der Waals surface area contributed by atoms with Crippen molar-refractivity contribution in [2.45, 2.75) is 64.9 Å². The highest BCUT2D eigenvalue weighted by atomic mass is 35.5. The summed E-state index contributed by atoms with van der Waals surface area (Å²) in [4.78, 5) is 27.9. The van der Waals surface area contributed by atoms with Crippen LogP contribution in [0.5, 0.6) is 0 Å². The molecule has 2 aromatic carbocycles. The molecule has 2 atom stereocenters. The quantitative estimate of drug-likeness (QED) is 0.474. The lowest BCUT2D eigenvalue weighted by atomic mass is 10.1. The Bertz CT molecular complexity index is 874. The topological polar surface area (TPSA) is 49.4 Å². The first-order chi connectivity index (χ1) is 14.8. The number of thioether (sulfide) groups is 1. The molecule has 0 radical (unpaired) electrons. The van der Waals surface area contributed by atoms with Gasteiger partial charge in [-0.05, 0) is 43.9 Å². The van der Waals surface area contributed by atoms with E-state index in [-0.39, 0.29) is 17.9 Å². The van der Waals surface area contributed by atoms with Crippen LogP contribution in [0.3, 0.4) is 0 Å². The number of nitrogens with zero attached hydrogens (tertiary/aromatic N) is 1. The molecule has 0 spiro atoms. The molecule has 1 N–H and O–H groups in total. The number of halogens is 1. The molecule has 0 fully saturated rings. The van der Waals surface area contributed by atoms with Gasteiger partial charge in [-0.2, -0.15) is 0 Å². The van der Waals surface area contributed by atoms with Crippen molar-refractivity contribution < 1.29 is 9.59 Å². The van der Waals surface area contributed by atoms with Gasteiger partial charge in [0, 0.05) is 23.4 Å². The van der Waals surface area contributed by atoms with Gasteiger partial charge in [0.25, 0.3) is 0 Å². The van der Waals surface area contributed by atoms with Gasteiger partial charge in [0.2, 0.25) is 11.8 Å². The Hall–Kier alpha value is -1.98. The summed E-state index contributed by atoms with van der Waals surface area (Å²) in [6, 6.07) is 15.3. The summed E-state index contributed by atoms with van der Waals surface area (Å²) in [5.74, 6) is 0.902. The minimum absolute atomic E-state index is 0.0521. The lowest BCUT2D eigenvalue weighted by Gasteiger charge is -2.31. The number of rotatable bonds is 11. The van der Waals surface area contributed by atoms with Crippen LogP contribution in [0.1, 0.15) is 50.3 Å². The number of aryl methyl sites for hydroxylation is 1. The van der Waals surface area contributed by atoms with E-state index in [9.17, 15) is 9.59 Å². The van der Waals surface area contributed by atoms with E-state index in [0.717, 1.165) is 17.7 Å². The molecular formula is C25H33ClN2O2S. The Labute approximate surface area is 195 Å². The summed E-state index contributed by atoms with van der Waals surface area (Å²) in [6.07, 6.45) is 1.38. The van der Waals surface area contributed by atoms with E-state index in [1.165, 1.54) is 11.1 Å². The molecule has 0 unspecified atom stereocenters. The van der Waals surface area contributed by atoms with Gasteiger partial charge in [-0.25, -0.2) is 0 Å². The summed E-state index contributed by atoms with van der Waals surface area (Å²) < 4.78 is 0. The fraction of sp³-hybridized carbons (Fsp3) is 0.440. The van der Waals surface area contributed by atoms with Gasteiger partial charge < -0.3 is 10.2 Å². The van der Waals surface area contributed by atoms with Crippen LogP contribution in [-0.2, 0) is 21.9 Å². The molecular weight excluding hydrogens is 428 g/mol. The van der Waals surface area contributed by atoms with Gasteiger partial charge in [0.15, 0.2) is 0 Å². The molecule has 2 aromatic rings. The van der Waals surface area contributed by atoms with Crippen LogP contribution < -0.4 is 5.32 Å². The van der Waals surface area contributed by atoms with Crippen LogP contribution in [0.2, 0.25) is 5.02 Å². The fourth-order valence-electron chi connectivity index (χ4n) is 3.31. The molecule has 168 valence electrons. The molecule has 0 bridgehead atoms. The van der Waals surface area contributed by atoms with E-state index in [0.29, 0.717) is 23.7 Å². The van der Waals surface area contributed by atoms with Crippen LogP contribution in [0.15, 0.2) is 48.5 Å². The van der Waals surface area contributed by atoms with Crippen molar-refractivity contribution in [2.75, 3.05) is 5.75 Å². The molecule has 0 aliphatic carbocycles. The second kappa shape index (κ2) is 12.8. The molecule has 4 nitrogen and oxygen atoms in total. The van der Waals surface area contributed by atoms with Crippen LogP contribution in [0.4, 0.5) is 0 Å². The third kappa shape index (κ3) is 7.89. The Morgan fingerprint density at radius 3 is 2.48 bits per heavy atom. The van der Waals surface area contributed by atoms with Gasteiger partial charge in [0.1, 0.15) is 6.04 Å². The minimum Gasteiger partial charge on any atom is -0.352 e. The zero-order valence-corrected chi connectivity index (χ0v) is 20.4. The maximum atomic E-state index is 13.3. The van der Waals surface area contributed by atoms with Crippen LogP contribution in [0.25, 0.3) is 0 Å². The standard InChI is InChI=1S/C25H33ClN2O2S/c1-5-19(4)27-25(30)23(6-2)28(15-21-12-7-8-13-22(21)26)24(29)17-31-16-20-11-9-10-18(3)14-20/h7-14,19,23H,5-6,15-17H2,1-4H3,(H,27,30)/t19-,23+/m1/s1. The van der Waals surface area contributed by atoms with Gasteiger partial charge in [-0.1, -0.05) is 73.5 Å². The Kier molecular flexibility index (Phi) is 10.4. The molecule has 0 aliphatic rings. The van der Waals surface area contributed by atoms with Crippen molar-refractivity contribution in [2.24, 2.45) is 0 Å². The largest absolute Gasteiger partial charge is 0.352 e. The number of carbonyl (C=O) groups is 2. The summed E-state index contributed by atoms with van der Waals surface area (Å²) >= 11 is 7.93. The predicted molar refractivity (Wildman–Crippen MR) is 131 cm³/mol. The highest BCUT2D eigenvalue weighted by molar-refractivity contribution is 7.99. The first-order valence-corrected chi connectivity index (χ1v) is 12.4. The second-order valence-corrected chi connectivity index (χ2v) is 9.23. The zero-order chi connectivity index (χ0) is 22.8. The maximum Gasteiger partial charge on any atom is 0.243 e. The minimum atomic E-state index is -0.530. The van der Waals surface area contributed by atoms with Gasteiger partial charge in [-0.15, -0.1) is 11.8 Å². The molecule has 0 aliphatic heterocycles. The van der Waals surface area contributed by atoms with E-state index in [1.807, 2.05) is 51.1 Å². The highest BCUT2D eigenvalue weighted by Crippen LogP contribution is 2.21. The van der Waals surface area contributed by atoms with E-state index in [1.54, 1.807) is 16.7 Å². The average Bonchev–Trinajstić information content (AvgIpc) is 2.74. The normalized spacial score (nSPS) is 12.8. The maximum absolute atomic E-state index is 13.3. The molecule has 2 amide bonds. The van der Waals surface area contributed by atoms with E-state index < -0.39 is 6.04 Å². The van der Waals surface area contributed by atoms with Gasteiger partial charge >= 0.3 is 0 Å². The lowest BCUT2D eigenvalue weighted by molar-refractivity contribution is -0.139. The lowest BCUT2D eigenvalue weighted by Crippen LogP contribution is -2.51. The summed E-state index contributed by atoms with van der Waals surface area (Å²) in [6.45, 7) is 8.32. The van der Waals surface area contributed by atoms with Crippen LogP contribution in [-0.4, -0.2) is 34.6 Å². The van der Waals surface area contributed by atoms with E-state index in [2.05, 4.69) is 30.4 Å². The highest BCUT2D eigenvalue weighted by Gasteiger charge is 2.29. The molecule has 0 heterocycles. The first-order valence-electron chi connectivity index (χ1n) is 10.8. The summed E-state index contributed by atoms with van der Waals surface area (Å²) in [5, 5.41) is 3.63. The summed E-state index contributed by atoms with van der Waals surface area (Å²) in [5.41, 5.74) is 3.24. The van der Waals surface area contributed by atoms with Crippen LogP contribution in [0, 0.1) is 6.92 Å². The number of hydrogen-bond acceptors (Lipinski definition) is 3. The molecule has 0 aromatic heterocycles. The van der Waals surface area contributed by atoms with Crippen molar-refractivity contribution in [3.8, 4) is 0 Å². The number of amides is 2. The summed E-state index contributed by atoms with van der Waals surface area (Å²) in [7, 11) is 0. The number of benzene rings is 2.